The molecular weight excluding hydrogens is 224 g/mol. The molecule has 0 aliphatic rings. The van der Waals surface area contributed by atoms with Crippen molar-refractivity contribution >= 4 is 23.2 Å². The van der Waals surface area contributed by atoms with Crippen LogP contribution in [0.3, 0.4) is 0 Å². The Morgan fingerprint density at radius 2 is 2.19 bits per heavy atom. The molecule has 1 amide bonds. The molecule has 4 heteroatoms. The highest BCUT2D eigenvalue weighted by atomic mass is 35.5. The molecule has 0 unspecified atom stereocenters. The van der Waals surface area contributed by atoms with Crippen LogP contribution >= 0.6 is 11.6 Å². The topological polar surface area (TPSA) is 55.1 Å². The fraction of sp³-hybridized carbons (Fsp3) is 0.250. The summed E-state index contributed by atoms with van der Waals surface area (Å²) in [6.45, 7) is 4.47. The van der Waals surface area contributed by atoms with Crippen LogP contribution in [0.1, 0.15) is 24.2 Å². The number of nitrogens with two attached hydrogens (primary N) is 1. The van der Waals surface area contributed by atoms with Gasteiger partial charge >= 0.3 is 0 Å². The van der Waals surface area contributed by atoms with E-state index in [4.69, 9.17) is 17.3 Å². The molecule has 16 heavy (non-hydrogen) atoms. The van der Waals surface area contributed by atoms with Crippen LogP contribution < -0.4 is 11.1 Å². The summed E-state index contributed by atoms with van der Waals surface area (Å²) in [6, 6.07) is 4.84. The number of hydrogen-bond acceptors (Lipinski definition) is 2. The Morgan fingerprint density at radius 3 is 2.75 bits per heavy atom. The molecule has 3 nitrogen and oxygen atoms in total. The second-order valence-electron chi connectivity index (χ2n) is 3.73. The fourth-order valence-corrected chi connectivity index (χ4v) is 1.25. The molecule has 3 N–H and O–H groups in total. The van der Waals surface area contributed by atoms with Crippen LogP contribution in [0, 0.1) is 0 Å². The molecule has 0 saturated carbocycles. The molecule has 0 aliphatic heterocycles. The minimum Gasteiger partial charge on any atom is -0.398 e. The minimum absolute atomic E-state index is 0.152. The molecular formula is C12H15ClN2O. The molecule has 0 spiro atoms. The van der Waals surface area contributed by atoms with Gasteiger partial charge in [0.25, 0.3) is 5.91 Å². The van der Waals surface area contributed by atoms with E-state index >= 15 is 0 Å². The number of carbonyl (C=O) groups is 1. The van der Waals surface area contributed by atoms with Crippen molar-refractivity contribution in [2.75, 3.05) is 12.3 Å². The SMILES string of the molecule is CC(C)=CCNC(=O)c1ccc(Cl)c(N)c1. The molecule has 86 valence electrons. The Balaban J connectivity index is 2.66. The highest BCUT2D eigenvalue weighted by molar-refractivity contribution is 6.33. The summed E-state index contributed by atoms with van der Waals surface area (Å²) in [7, 11) is 0. The number of anilines is 1. The van der Waals surface area contributed by atoms with Gasteiger partial charge in [-0.25, -0.2) is 0 Å². The maximum Gasteiger partial charge on any atom is 0.251 e. The second kappa shape index (κ2) is 5.56. The Bertz CT molecular complexity index is 423. The van der Waals surface area contributed by atoms with Gasteiger partial charge in [0, 0.05) is 12.1 Å². The van der Waals surface area contributed by atoms with E-state index < -0.39 is 0 Å². The van der Waals surface area contributed by atoms with Crippen LogP contribution in [0.25, 0.3) is 0 Å². The first-order valence-corrected chi connectivity index (χ1v) is 5.35. The van der Waals surface area contributed by atoms with Gasteiger partial charge < -0.3 is 11.1 Å². The number of rotatable bonds is 3. The lowest BCUT2D eigenvalue weighted by molar-refractivity contribution is 0.0958. The molecule has 1 rings (SSSR count). The fourth-order valence-electron chi connectivity index (χ4n) is 1.13. The van der Waals surface area contributed by atoms with Crippen molar-refractivity contribution in [3.8, 4) is 0 Å². The van der Waals surface area contributed by atoms with Crippen LogP contribution in [0.2, 0.25) is 5.02 Å². The molecule has 1 aromatic rings. The van der Waals surface area contributed by atoms with Gasteiger partial charge in [-0.05, 0) is 32.0 Å². The first kappa shape index (κ1) is 12.6. The van der Waals surface area contributed by atoms with Crippen molar-refractivity contribution in [1.29, 1.82) is 0 Å². The number of benzene rings is 1. The number of halogens is 1. The number of nitrogen functional groups attached to an aromatic ring is 1. The van der Waals surface area contributed by atoms with Gasteiger partial charge in [-0.15, -0.1) is 0 Å². The van der Waals surface area contributed by atoms with E-state index in [0.29, 0.717) is 22.8 Å². The Morgan fingerprint density at radius 1 is 1.50 bits per heavy atom. The average molecular weight is 239 g/mol. The largest absolute Gasteiger partial charge is 0.398 e. The summed E-state index contributed by atoms with van der Waals surface area (Å²) >= 11 is 5.77. The summed E-state index contributed by atoms with van der Waals surface area (Å²) in [5.74, 6) is -0.152. The lowest BCUT2D eigenvalue weighted by atomic mass is 10.2. The molecule has 0 aromatic heterocycles. The van der Waals surface area contributed by atoms with E-state index in [1.165, 1.54) is 0 Å². The molecule has 0 radical (unpaired) electrons. The Kier molecular flexibility index (Phi) is 4.38. The lowest BCUT2D eigenvalue weighted by Crippen LogP contribution is -2.23. The van der Waals surface area contributed by atoms with E-state index in [0.717, 1.165) is 5.57 Å². The monoisotopic (exact) mass is 238 g/mol. The van der Waals surface area contributed by atoms with Crippen LogP contribution in [-0.4, -0.2) is 12.5 Å². The third kappa shape index (κ3) is 3.59. The lowest BCUT2D eigenvalue weighted by Gasteiger charge is -2.04. The first-order chi connectivity index (χ1) is 7.50. The number of nitrogens with one attached hydrogen (secondary N) is 1. The van der Waals surface area contributed by atoms with E-state index in [1.807, 2.05) is 19.9 Å². The van der Waals surface area contributed by atoms with Gasteiger partial charge in [0.05, 0.1) is 10.7 Å². The zero-order valence-electron chi connectivity index (χ0n) is 9.38. The van der Waals surface area contributed by atoms with Crippen molar-refractivity contribution < 1.29 is 4.79 Å². The number of carbonyl (C=O) groups excluding carboxylic acids is 1. The third-order valence-electron chi connectivity index (χ3n) is 2.03. The molecule has 0 heterocycles. The molecule has 0 atom stereocenters. The highest BCUT2D eigenvalue weighted by Gasteiger charge is 2.05. The van der Waals surface area contributed by atoms with E-state index in [9.17, 15) is 4.79 Å². The van der Waals surface area contributed by atoms with Crippen LogP contribution in [0.5, 0.6) is 0 Å². The number of allylic oxidation sites excluding steroid dienone is 1. The maximum atomic E-state index is 11.7. The van der Waals surface area contributed by atoms with Gasteiger partial charge in [-0.2, -0.15) is 0 Å². The number of hydrogen-bond donors (Lipinski definition) is 2. The van der Waals surface area contributed by atoms with E-state index in [-0.39, 0.29) is 5.91 Å². The summed E-state index contributed by atoms with van der Waals surface area (Å²) < 4.78 is 0. The molecule has 0 bridgehead atoms. The Hall–Kier alpha value is -1.48. The molecule has 0 fully saturated rings. The quantitative estimate of drug-likeness (QED) is 0.628. The van der Waals surface area contributed by atoms with Crippen molar-refractivity contribution in [1.82, 2.24) is 5.32 Å². The summed E-state index contributed by atoms with van der Waals surface area (Å²) in [4.78, 5) is 11.7. The van der Waals surface area contributed by atoms with Crippen LogP contribution in [0.15, 0.2) is 29.8 Å². The van der Waals surface area contributed by atoms with Gasteiger partial charge in [-0.1, -0.05) is 23.3 Å². The van der Waals surface area contributed by atoms with Gasteiger partial charge in [-0.3, -0.25) is 4.79 Å². The van der Waals surface area contributed by atoms with Crippen LogP contribution in [-0.2, 0) is 0 Å². The zero-order chi connectivity index (χ0) is 12.1. The third-order valence-corrected chi connectivity index (χ3v) is 2.38. The normalized spacial score (nSPS) is 9.69. The van der Waals surface area contributed by atoms with Crippen LogP contribution in [0.4, 0.5) is 5.69 Å². The van der Waals surface area contributed by atoms with Crippen molar-refractivity contribution in [2.24, 2.45) is 0 Å². The summed E-state index contributed by atoms with van der Waals surface area (Å²) in [5.41, 5.74) is 7.71. The zero-order valence-corrected chi connectivity index (χ0v) is 10.1. The minimum atomic E-state index is -0.152. The van der Waals surface area contributed by atoms with Crippen molar-refractivity contribution in [3.63, 3.8) is 0 Å². The predicted octanol–water partition coefficient (Wildman–Crippen LogP) is 2.62. The van der Waals surface area contributed by atoms with Crippen molar-refractivity contribution in [3.05, 3.63) is 40.4 Å². The predicted molar refractivity (Wildman–Crippen MR) is 67.6 cm³/mol. The molecule has 1 aromatic carbocycles. The van der Waals surface area contributed by atoms with Gasteiger partial charge in [0.15, 0.2) is 0 Å². The van der Waals surface area contributed by atoms with Gasteiger partial charge in [0.1, 0.15) is 0 Å². The second-order valence-corrected chi connectivity index (χ2v) is 4.13. The maximum absolute atomic E-state index is 11.7. The van der Waals surface area contributed by atoms with E-state index in [1.54, 1.807) is 18.2 Å². The average Bonchev–Trinajstić information content (AvgIpc) is 2.21. The van der Waals surface area contributed by atoms with Crippen molar-refractivity contribution in [2.45, 2.75) is 13.8 Å². The number of amides is 1. The first-order valence-electron chi connectivity index (χ1n) is 4.97. The highest BCUT2D eigenvalue weighted by Crippen LogP contribution is 2.19. The smallest absolute Gasteiger partial charge is 0.251 e. The van der Waals surface area contributed by atoms with Gasteiger partial charge in [0.2, 0.25) is 0 Å². The van der Waals surface area contributed by atoms with E-state index in [2.05, 4.69) is 5.32 Å². The summed E-state index contributed by atoms with van der Waals surface area (Å²) in [5, 5.41) is 3.22. The molecule has 0 aliphatic carbocycles. The Labute approximate surface area is 100 Å². The summed E-state index contributed by atoms with van der Waals surface area (Å²) in [6.07, 6.45) is 1.94. The molecule has 0 saturated heterocycles. The standard InChI is InChI=1S/C12H15ClN2O/c1-8(2)5-6-15-12(16)9-3-4-10(13)11(14)7-9/h3-5,7H,6,14H2,1-2H3,(H,15,16).